The first kappa shape index (κ1) is 20.6. The molecule has 1 heterocycles. The minimum atomic E-state index is -0.765. The van der Waals surface area contributed by atoms with Crippen molar-refractivity contribution >= 4 is 28.5 Å². The molecule has 0 radical (unpaired) electrons. The summed E-state index contributed by atoms with van der Waals surface area (Å²) in [5, 5.41) is 6.09. The highest BCUT2D eigenvalue weighted by atomic mass is 16.4. The summed E-state index contributed by atoms with van der Waals surface area (Å²) in [6.45, 7) is 3.94. The third-order valence-electron chi connectivity index (χ3n) is 4.28. The summed E-state index contributed by atoms with van der Waals surface area (Å²) in [6, 6.07) is 5.02. The summed E-state index contributed by atoms with van der Waals surface area (Å²) < 4.78 is 5.17. The van der Waals surface area contributed by atoms with Crippen LogP contribution in [0.4, 0.5) is 5.69 Å². The van der Waals surface area contributed by atoms with E-state index in [1.165, 1.54) is 6.07 Å². The van der Waals surface area contributed by atoms with E-state index in [-0.39, 0.29) is 5.91 Å². The molecule has 0 unspecified atom stereocenters. The zero-order valence-electron chi connectivity index (χ0n) is 15.6. The van der Waals surface area contributed by atoms with Crippen molar-refractivity contribution < 1.29 is 14.0 Å². The average Bonchev–Trinajstić information content (AvgIpc) is 2.61. The summed E-state index contributed by atoms with van der Waals surface area (Å²) in [5.74, 6) is -0.776. The van der Waals surface area contributed by atoms with Crippen LogP contribution in [0.25, 0.3) is 11.0 Å². The second kappa shape index (κ2) is 9.29. The molecular formula is C19H26N4O4. The molecule has 27 heavy (non-hydrogen) atoms. The third kappa shape index (κ3) is 5.63. The highest BCUT2D eigenvalue weighted by molar-refractivity contribution is 5.98. The predicted molar refractivity (Wildman–Crippen MR) is 104 cm³/mol. The van der Waals surface area contributed by atoms with Crippen LogP contribution in [0.5, 0.6) is 0 Å². The molecule has 8 heteroatoms. The maximum absolute atomic E-state index is 12.3. The fourth-order valence-corrected chi connectivity index (χ4v) is 2.68. The van der Waals surface area contributed by atoms with E-state index >= 15 is 0 Å². The number of carbonyl (C=O) groups excluding carboxylic acids is 2. The molecule has 0 saturated carbocycles. The van der Waals surface area contributed by atoms with Gasteiger partial charge in [-0.1, -0.05) is 6.42 Å². The van der Waals surface area contributed by atoms with E-state index in [0.29, 0.717) is 24.2 Å². The van der Waals surface area contributed by atoms with Gasteiger partial charge in [0.2, 0.25) is 11.8 Å². The summed E-state index contributed by atoms with van der Waals surface area (Å²) in [5.41, 5.74) is 12.4. The van der Waals surface area contributed by atoms with Crippen molar-refractivity contribution in [2.75, 3.05) is 11.9 Å². The van der Waals surface area contributed by atoms with Crippen molar-refractivity contribution in [3.8, 4) is 0 Å². The number of unbranched alkanes of at least 4 members (excludes halogenated alkanes) is 1. The van der Waals surface area contributed by atoms with E-state index in [4.69, 9.17) is 15.9 Å². The Kier molecular flexibility index (Phi) is 7.09. The van der Waals surface area contributed by atoms with Gasteiger partial charge < -0.3 is 26.5 Å². The van der Waals surface area contributed by atoms with E-state index in [0.717, 1.165) is 23.8 Å². The van der Waals surface area contributed by atoms with Gasteiger partial charge in [0.25, 0.3) is 0 Å². The smallest absolute Gasteiger partial charge is 0.336 e. The minimum Gasteiger partial charge on any atom is -0.423 e. The molecule has 0 fully saturated rings. The van der Waals surface area contributed by atoms with Crippen LogP contribution < -0.4 is 27.7 Å². The normalized spacial score (nSPS) is 13.2. The zero-order chi connectivity index (χ0) is 20.0. The quantitative estimate of drug-likeness (QED) is 0.401. The van der Waals surface area contributed by atoms with Crippen LogP contribution in [0.1, 0.15) is 31.7 Å². The number of aryl methyl sites for hydroxylation is 1. The number of rotatable bonds is 8. The maximum Gasteiger partial charge on any atom is 0.336 e. The first-order valence-electron chi connectivity index (χ1n) is 8.93. The molecule has 0 bridgehead atoms. The highest BCUT2D eigenvalue weighted by Gasteiger charge is 2.20. The number of hydrogen-bond acceptors (Lipinski definition) is 6. The lowest BCUT2D eigenvalue weighted by Crippen LogP contribution is -2.48. The Bertz CT molecular complexity index is 878. The van der Waals surface area contributed by atoms with E-state index in [1.54, 1.807) is 25.1 Å². The highest BCUT2D eigenvalue weighted by Crippen LogP contribution is 2.20. The molecular weight excluding hydrogens is 348 g/mol. The molecule has 2 aromatic rings. The Morgan fingerprint density at radius 2 is 1.93 bits per heavy atom. The Labute approximate surface area is 157 Å². The van der Waals surface area contributed by atoms with Crippen molar-refractivity contribution in [1.29, 1.82) is 0 Å². The Morgan fingerprint density at radius 3 is 2.63 bits per heavy atom. The molecule has 146 valence electrons. The third-order valence-corrected chi connectivity index (χ3v) is 4.28. The van der Waals surface area contributed by atoms with Gasteiger partial charge in [0.15, 0.2) is 0 Å². The first-order chi connectivity index (χ1) is 12.8. The zero-order valence-corrected chi connectivity index (χ0v) is 15.6. The molecule has 0 aliphatic heterocycles. The van der Waals surface area contributed by atoms with Crippen LogP contribution in [0.2, 0.25) is 0 Å². The number of amides is 2. The first-order valence-corrected chi connectivity index (χ1v) is 8.93. The molecule has 2 amide bonds. The van der Waals surface area contributed by atoms with Crippen molar-refractivity contribution in [1.82, 2.24) is 5.32 Å². The summed E-state index contributed by atoms with van der Waals surface area (Å²) >= 11 is 0. The van der Waals surface area contributed by atoms with Gasteiger partial charge in [-0.05, 0) is 50.9 Å². The van der Waals surface area contributed by atoms with Gasteiger partial charge in [-0.2, -0.15) is 0 Å². The predicted octanol–water partition coefficient (Wildman–Crippen LogP) is 1.00. The minimum absolute atomic E-state index is 0.380. The van der Waals surface area contributed by atoms with Gasteiger partial charge in [0.05, 0.1) is 6.04 Å². The van der Waals surface area contributed by atoms with Gasteiger partial charge in [-0.25, -0.2) is 4.79 Å². The van der Waals surface area contributed by atoms with Crippen molar-refractivity contribution in [3.63, 3.8) is 0 Å². The monoisotopic (exact) mass is 374 g/mol. The number of anilines is 1. The summed E-state index contributed by atoms with van der Waals surface area (Å²) in [7, 11) is 0. The number of benzene rings is 1. The van der Waals surface area contributed by atoms with Crippen molar-refractivity contribution in [2.45, 2.75) is 45.2 Å². The van der Waals surface area contributed by atoms with Gasteiger partial charge in [-0.15, -0.1) is 0 Å². The number of carbonyl (C=O) groups is 2. The molecule has 0 spiro atoms. The Morgan fingerprint density at radius 1 is 1.19 bits per heavy atom. The van der Waals surface area contributed by atoms with Crippen LogP contribution in [0.3, 0.4) is 0 Å². The number of fused-ring (bicyclic) bond motifs is 1. The molecule has 6 N–H and O–H groups in total. The van der Waals surface area contributed by atoms with Crippen LogP contribution in [-0.2, 0) is 9.59 Å². The Balaban J connectivity index is 1.98. The van der Waals surface area contributed by atoms with Gasteiger partial charge in [0, 0.05) is 23.2 Å². The number of nitrogens with two attached hydrogens (primary N) is 2. The molecule has 0 aliphatic carbocycles. The molecule has 1 aromatic carbocycles. The SMILES string of the molecule is Cc1cc(=O)oc2cc(NC(=O)[C@@H](C)NC(=O)[C@@H](N)CCCCN)ccc12. The lowest BCUT2D eigenvalue weighted by molar-refractivity contribution is -0.127. The maximum atomic E-state index is 12.3. The molecule has 2 rings (SSSR count). The fraction of sp³-hybridized carbons (Fsp3) is 0.421. The standard InChI is InChI=1S/C19H26N4O4/c1-11-9-17(24)27-16-10-13(6-7-14(11)16)23-18(25)12(2)22-19(26)15(21)5-3-4-8-20/h6-7,9-10,12,15H,3-5,8,20-21H2,1-2H3,(H,22,26)(H,23,25)/t12-,15+/m1/s1. The molecule has 0 saturated heterocycles. The van der Waals surface area contributed by atoms with Crippen LogP contribution in [-0.4, -0.2) is 30.4 Å². The van der Waals surface area contributed by atoms with Gasteiger partial charge in [-0.3, -0.25) is 9.59 Å². The largest absolute Gasteiger partial charge is 0.423 e. The fourth-order valence-electron chi connectivity index (χ4n) is 2.68. The number of nitrogens with one attached hydrogen (secondary N) is 2. The lowest BCUT2D eigenvalue weighted by Gasteiger charge is -2.17. The van der Waals surface area contributed by atoms with Crippen molar-refractivity contribution in [3.05, 3.63) is 40.2 Å². The van der Waals surface area contributed by atoms with Crippen LogP contribution in [0.15, 0.2) is 33.5 Å². The summed E-state index contributed by atoms with van der Waals surface area (Å²) in [4.78, 5) is 35.9. The van der Waals surface area contributed by atoms with E-state index in [1.807, 2.05) is 6.92 Å². The lowest BCUT2D eigenvalue weighted by atomic mass is 10.1. The van der Waals surface area contributed by atoms with E-state index in [2.05, 4.69) is 10.6 Å². The molecule has 8 nitrogen and oxygen atoms in total. The molecule has 2 atom stereocenters. The topological polar surface area (TPSA) is 140 Å². The van der Waals surface area contributed by atoms with Gasteiger partial charge in [0.1, 0.15) is 11.6 Å². The second-order valence-corrected chi connectivity index (χ2v) is 6.57. The summed E-state index contributed by atoms with van der Waals surface area (Å²) in [6.07, 6.45) is 2.07. The Hall–Kier alpha value is -2.71. The molecule has 0 aliphatic rings. The molecule has 1 aromatic heterocycles. The van der Waals surface area contributed by atoms with Crippen LogP contribution >= 0.6 is 0 Å². The van der Waals surface area contributed by atoms with E-state index < -0.39 is 23.6 Å². The average molecular weight is 374 g/mol. The second-order valence-electron chi connectivity index (χ2n) is 6.57. The number of hydrogen-bond donors (Lipinski definition) is 4. The van der Waals surface area contributed by atoms with E-state index in [9.17, 15) is 14.4 Å². The van der Waals surface area contributed by atoms with Crippen molar-refractivity contribution in [2.24, 2.45) is 11.5 Å². The van der Waals surface area contributed by atoms with Crippen LogP contribution in [0, 0.1) is 6.92 Å². The van der Waals surface area contributed by atoms with Gasteiger partial charge >= 0.3 is 5.63 Å².